The summed E-state index contributed by atoms with van der Waals surface area (Å²) in [5.74, 6) is 0.856. The van der Waals surface area contributed by atoms with Crippen molar-refractivity contribution >= 4 is 29.2 Å². The second-order valence-electron chi connectivity index (χ2n) is 9.32. The number of carbonyl (C=O) groups is 2. The molecule has 3 unspecified atom stereocenters. The van der Waals surface area contributed by atoms with Gasteiger partial charge in [-0.15, -0.1) is 0 Å². The zero-order chi connectivity index (χ0) is 21.7. The standard InChI is InChI=1S/C25H27N5O2/c31-23-21-3-1-2-4-22(21)26-25(27-23)29-13-11-28(12-14-29)24(32)18-6-9-19(10-7-18)30-16-17-5-8-20(30)15-17/h1-4,6-7,9-10,17,20-21H,5,8,11-16H2. The summed E-state index contributed by atoms with van der Waals surface area (Å²) in [6, 6.07) is 8.82. The SMILES string of the molecule is O=C1N=C(N2CCN(C(=O)c3ccc(N4CC5CCC4C5)cc3)CC2)N=C2C=CC=CC12. The number of fused-ring (bicyclic) bond motifs is 3. The Morgan fingerprint density at radius 3 is 2.50 bits per heavy atom. The Balaban J connectivity index is 1.08. The van der Waals surface area contributed by atoms with Gasteiger partial charge in [-0.05, 0) is 55.5 Å². The molecule has 164 valence electrons. The number of anilines is 1. The zero-order valence-electron chi connectivity index (χ0n) is 18.1. The lowest BCUT2D eigenvalue weighted by molar-refractivity contribution is -0.118. The van der Waals surface area contributed by atoms with Crippen molar-refractivity contribution < 1.29 is 9.59 Å². The predicted molar refractivity (Wildman–Crippen MR) is 124 cm³/mol. The van der Waals surface area contributed by atoms with Gasteiger partial charge in [-0.1, -0.05) is 18.2 Å². The van der Waals surface area contributed by atoms with Crippen molar-refractivity contribution in [3.05, 3.63) is 54.1 Å². The van der Waals surface area contributed by atoms with Crippen molar-refractivity contribution in [2.24, 2.45) is 21.8 Å². The number of nitrogens with zero attached hydrogens (tertiary/aromatic N) is 5. The normalized spacial score (nSPS) is 28.7. The van der Waals surface area contributed by atoms with Crippen LogP contribution in [0.4, 0.5) is 5.69 Å². The average molecular weight is 430 g/mol. The van der Waals surface area contributed by atoms with Crippen LogP contribution in [0.2, 0.25) is 0 Å². The fraction of sp³-hybridized carbons (Fsp3) is 0.440. The third-order valence-electron chi connectivity index (χ3n) is 7.41. The van der Waals surface area contributed by atoms with Crippen LogP contribution in [0.5, 0.6) is 0 Å². The first-order chi connectivity index (χ1) is 15.7. The smallest absolute Gasteiger partial charge is 0.261 e. The molecule has 1 aromatic carbocycles. The largest absolute Gasteiger partial charge is 0.368 e. The first-order valence-corrected chi connectivity index (χ1v) is 11.6. The molecule has 2 amide bonds. The van der Waals surface area contributed by atoms with Crippen molar-refractivity contribution in [3.63, 3.8) is 0 Å². The van der Waals surface area contributed by atoms with Gasteiger partial charge in [0.2, 0.25) is 5.96 Å². The molecule has 32 heavy (non-hydrogen) atoms. The second-order valence-corrected chi connectivity index (χ2v) is 9.32. The molecule has 0 N–H and O–H groups in total. The zero-order valence-corrected chi connectivity index (χ0v) is 18.1. The molecule has 3 atom stereocenters. The predicted octanol–water partition coefficient (Wildman–Crippen LogP) is 2.51. The Morgan fingerprint density at radius 2 is 1.78 bits per heavy atom. The van der Waals surface area contributed by atoms with E-state index in [4.69, 9.17) is 0 Å². The summed E-state index contributed by atoms with van der Waals surface area (Å²) in [6.45, 7) is 3.58. The van der Waals surface area contributed by atoms with Crippen LogP contribution in [0.1, 0.15) is 29.6 Å². The molecular formula is C25H27N5O2. The third-order valence-corrected chi connectivity index (χ3v) is 7.41. The van der Waals surface area contributed by atoms with E-state index in [0.717, 1.165) is 23.7 Å². The van der Waals surface area contributed by atoms with Gasteiger partial charge >= 0.3 is 0 Å². The molecule has 0 spiro atoms. The van der Waals surface area contributed by atoms with Gasteiger partial charge in [-0.3, -0.25) is 9.59 Å². The summed E-state index contributed by atoms with van der Waals surface area (Å²) >= 11 is 0. The molecular weight excluding hydrogens is 402 g/mol. The molecule has 2 bridgehead atoms. The highest BCUT2D eigenvalue weighted by Gasteiger charge is 2.38. The molecule has 3 heterocycles. The number of hydrogen-bond acceptors (Lipinski definition) is 5. The Bertz CT molecular complexity index is 1060. The van der Waals surface area contributed by atoms with E-state index >= 15 is 0 Å². The number of carbonyl (C=O) groups excluding carboxylic acids is 2. The number of hydrogen-bond donors (Lipinski definition) is 0. The lowest BCUT2D eigenvalue weighted by Gasteiger charge is -2.36. The highest BCUT2D eigenvalue weighted by atomic mass is 16.2. The fourth-order valence-corrected chi connectivity index (χ4v) is 5.63. The van der Waals surface area contributed by atoms with Gasteiger partial charge in [0.15, 0.2) is 0 Å². The Morgan fingerprint density at radius 1 is 0.969 bits per heavy atom. The van der Waals surface area contributed by atoms with Gasteiger partial charge in [0, 0.05) is 50.0 Å². The molecule has 3 fully saturated rings. The Hall–Kier alpha value is -3.22. The molecule has 6 rings (SSSR count). The van der Waals surface area contributed by atoms with Crippen LogP contribution in [0.25, 0.3) is 0 Å². The summed E-state index contributed by atoms with van der Waals surface area (Å²) in [5.41, 5.74) is 2.72. The molecule has 5 aliphatic rings. The minimum absolute atomic E-state index is 0.0625. The monoisotopic (exact) mass is 429 g/mol. The minimum Gasteiger partial charge on any atom is -0.368 e. The van der Waals surface area contributed by atoms with Gasteiger partial charge in [-0.25, -0.2) is 4.99 Å². The van der Waals surface area contributed by atoms with E-state index in [-0.39, 0.29) is 17.7 Å². The first kappa shape index (κ1) is 19.5. The molecule has 0 radical (unpaired) electrons. The van der Waals surface area contributed by atoms with Gasteiger partial charge in [-0.2, -0.15) is 4.99 Å². The van der Waals surface area contributed by atoms with E-state index in [1.807, 2.05) is 46.2 Å². The molecule has 0 aromatic heterocycles. The van der Waals surface area contributed by atoms with Crippen molar-refractivity contribution in [1.29, 1.82) is 0 Å². The number of benzene rings is 1. The number of piperazine rings is 1. The first-order valence-electron chi connectivity index (χ1n) is 11.6. The van der Waals surface area contributed by atoms with Crippen molar-refractivity contribution in [1.82, 2.24) is 9.80 Å². The van der Waals surface area contributed by atoms with Crippen LogP contribution in [-0.4, -0.2) is 72.1 Å². The topological polar surface area (TPSA) is 68.6 Å². The maximum atomic E-state index is 13.0. The highest BCUT2D eigenvalue weighted by Crippen LogP contribution is 2.40. The van der Waals surface area contributed by atoms with E-state index < -0.39 is 0 Å². The Labute approximate surface area is 187 Å². The van der Waals surface area contributed by atoms with Crippen LogP contribution < -0.4 is 4.90 Å². The number of rotatable bonds is 2. The van der Waals surface area contributed by atoms with Gasteiger partial charge in [0.1, 0.15) is 5.92 Å². The summed E-state index contributed by atoms with van der Waals surface area (Å²) in [7, 11) is 0. The van der Waals surface area contributed by atoms with Crippen molar-refractivity contribution in [3.8, 4) is 0 Å². The van der Waals surface area contributed by atoms with Crippen molar-refractivity contribution in [2.45, 2.75) is 25.3 Å². The van der Waals surface area contributed by atoms with Gasteiger partial charge in [0.25, 0.3) is 11.8 Å². The molecule has 1 saturated carbocycles. The maximum absolute atomic E-state index is 13.0. The summed E-state index contributed by atoms with van der Waals surface area (Å²) in [6.07, 6.45) is 11.4. The van der Waals surface area contributed by atoms with E-state index in [9.17, 15) is 9.59 Å². The minimum atomic E-state index is -0.356. The van der Waals surface area contributed by atoms with E-state index in [0.29, 0.717) is 38.2 Å². The Kier molecular flexibility index (Phi) is 4.70. The van der Waals surface area contributed by atoms with E-state index in [1.54, 1.807) is 0 Å². The van der Waals surface area contributed by atoms with Crippen LogP contribution in [0, 0.1) is 11.8 Å². The van der Waals surface area contributed by atoms with Crippen LogP contribution in [-0.2, 0) is 4.79 Å². The van der Waals surface area contributed by atoms with Crippen LogP contribution >= 0.6 is 0 Å². The van der Waals surface area contributed by atoms with Crippen LogP contribution in [0.15, 0.2) is 58.6 Å². The molecule has 2 aliphatic carbocycles. The number of aliphatic imine (C=N–C) groups is 2. The lowest BCUT2D eigenvalue weighted by atomic mass is 9.97. The lowest BCUT2D eigenvalue weighted by Crippen LogP contribution is -2.51. The third kappa shape index (κ3) is 3.36. The van der Waals surface area contributed by atoms with Crippen molar-refractivity contribution in [2.75, 3.05) is 37.6 Å². The highest BCUT2D eigenvalue weighted by molar-refractivity contribution is 6.21. The summed E-state index contributed by atoms with van der Waals surface area (Å²) in [5, 5.41) is 0. The molecule has 2 saturated heterocycles. The second kappa shape index (κ2) is 7.73. The summed E-state index contributed by atoms with van der Waals surface area (Å²) in [4.78, 5) is 40.6. The molecule has 3 aliphatic heterocycles. The number of piperidine rings is 1. The maximum Gasteiger partial charge on any atom is 0.261 e. The number of amides is 2. The van der Waals surface area contributed by atoms with Gasteiger partial charge in [0.05, 0.1) is 5.71 Å². The van der Waals surface area contributed by atoms with E-state index in [1.165, 1.54) is 24.9 Å². The molecule has 1 aromatic rings. The van der Waals surface area contributed by atoms with E-state index in [2.05, 4.69) is 27.0 Å². The van der Waals surface area contributed by atoms with Crippen LogP contribution in [0.3, 0.4) is 0 Å². The summed E-state index contributed by atoms with van der Waals surface area (Å²) < 4.78 is 0. The molecule has 7 heteroatoms. The quantitative estimate of drug-likeness (QED) is 0.725. The average Bonchev–Trinajstić information content (AvgIpc) is 3.48. The number of allylic oxidation sites excluding steroid dienone is 3. The fourth-order valence-electron chi connectivity index (χ4n) is 5.63. The van der Waals surface area contributed by atoms with Gasteiger partial charge < -0.3 is 14.7 Å². The molecule has 7 nitrogen and oxygen atoms in total. The number of guanidine groups is 1.